The summed E-state index contributed by atoms with van der Waals surface area (Å²) < 4.78 is 3.37. The minimum absolute atomic E-state index is 0.0234. The number of nitrogens with one attached hydrogen (secondary N) is 1. The lowest BCUT2D eigenvalue weighted by atomic mass is 10.2. The van der Waals surface area contributed by atoms with E-state index in [0.717, 1.165) is 11.4 Å². The molecule has 0 unspecified atom stereocenters. The Balaban J connectivity index is 2.25. The first-order valence-electron chi connectivity index (χ1n) is 5.63. The van der Waals surface area contributed by atoms with Crippen LogP contribution in [0.4, 0.5) is 5.82 Å². The van der Waals surface area contributed by atoms with E-state index in [4.69, 9.17) is 0 Å². The van der Waals surface area contributed by atoms with Gasteiger partial charge in [0.1, 0.15) is 5.82 Å². The van der Waals surface area contributed by atoms with E-state index in [1.54, 1.807) is 15.3 Å². The molecule has 2 heterocycles. The summed E-state index contributed by atoms with van der Waals surface area (Å²) in [6.45, 7) is 3.23. The Kier molecular flexibility index (Phi) is 3.27. The number of hydrogen-bond acceptors (Lipinski definition) is 3. The van der Waals surface area contributed by atoms with Crippen molar-refractivity contribution in [3.05, 3.63) is 46.8 Å². The summed E-state index contributed by atoms with van der Waals surface area (Å²) in [4.78, 5) is 16.0. The number of nitrogens with zero attached hydrogens (tertiary/aromatic N) is 3. The van der Waals surface area contributed by atoms with Crippen molar-refractivity contribution in [3.63, 3.8) is 0 Å². The summed E-state index contributed by atoms with van der Waals surface area (Å²) in [6.07, 6.45) is 5.36. The molecule has 2 rings (SSSR count). The van der Waals surface area contributed by atoms with Gasteiger partial charge in [-0.2, -0.15) is 0 Å². The Morgan fingerprint density at radius 3 is 2.76 bits per heavy atom. The Labute approximate surface area is 99.7 Å². The van der Waals surface area contributed by atoms with E-state index in [9.17, 15) is 4.79 Å². The van der Waals surface area contributed by atoms with Crippen LogP contribution in [0.15, 0.2) is 35.5 Å². The van der Waals surface area contributed by atoms with Gasteiger partial charge in [-0.1, -0.05) is 0 Å². The Morgan fingerprint density at radius 2 is 2.12 bits per heavy atom. The monoisotopic (exact) mass is 232 g/mol. The van der Waals surface area contributed by atoms with E-state index in [1.165, 1.54) is 0 Å². The van der Waals surface area contributed by atoms with Crippen molar-refractivity contribution >= 4 is 5.82 Å². The number of anilines is 1. The highest BCUT2D eigenvalue weighted by molar-refractivity contribution is 5.36. The normalized spacial score (nSPS) is 10.5. The molecule has 0 saturated carbocycles. The third-order valence-corrected chi connectivity index (χ3v) is 2.69. The van der Waals surface area contributed by atoms with Gasteiger partial charge in [0.15, 0.2) is 0 Å². The highest BCUT2D eigenvalue weighted by Gasteiger charge is 2.03. The quantitative estimate of drug-likeness (QED) is 0.860. The van der Waals surface area contributed by atoms with E-state index < -0.39 is 0 Å². The zero-order valence-electron chi connectivity index (χ0n) is 10.1. The first kappa shape index (κ1) is 11.4. The van der Waals surface area contributed by atoms with Crippen LogP contribution in [0.3, 0.4) is 0 Å². The van der Waals surface area contributed by atoms with Crippen LogP contribution >= 0.6 is 0 Å². The first-order valence-corrected chi connectivity index (χ1v) is 5.63. The maximum Gasteiger partial charge on any atom is 0.328 e. The predicted octanol–water partition coefficient (Wildman–Crippen LogP) is 1.15. The van der Waals surface area contributed by atoms with Gasteiger partial charge >= 0.3 is 5.69 Å². The molecular weight excluding hydrogens is 216 g/mol. The molecule has 0 bridgehead atoms. The summed E-state index contributed by atoms with van der Waals surface area (Å²) in [6, 6.07) is 3.85. The third kappa shape index (κ3) is 2.38. The Hall–Kier alpha value is -2.04. The second kappa shape index (κ2) is 4.86. The Bertz CT molecular complexity index is 556. The molecule has 0 radical (unpaired) electrons. The average Bonchev–Trinajstić information content (AvgIpc) is 2.71. The molecule has 17 heavy (non-hydrogen) atoms. The molecule has 2 aromatic heterocycles. The summed E-state index contributed by atoms with van der Waals surface area (Å²) in [7, 11) is 1.83. The van der Waals surface area contributed by atoms with Gasteiger partial charge < -0.3 is 5.32 Å². The standard InChI is InChI=1S/C12H16N4O/c1-3-15-6-7-16(12(15)17)9-10-4-5-14-11(8-10)13-2/h4-8H,3,9H2,1-2H3,(H,13,14). The van der Waals surface area contributed by atoms with Gasteiger partial charge in [-0.15, -0.1) is 0 Å². The van der Waals surface area contributed by atoms with Crippen molar-refractivity contribution in [2.45, 2.75) is 20.0 Å². The van der Waals surface area contributed by atoms with Gasteiger partial charge in [0.05, 0.1) is 6.54 Å². The molecule has 0 spiro atoms. The number of hydrogen-bond donors (Lipinski definition) is 1. The SMILES string of the molecule is CCn1ccn(Cc2ccnc(NC)c2)c1=O. The zero-order valence-corrected chi connectivity index (χ0v) is 10.1. The fourth-order valence-corrected chi connectivity index (χ4v) is 1.72. The van der Waals surface area contributed by atoms with E-state index in [2.05, 4.69) is 10.3 Å². The molecular formula is C12H16N4O. The molecule has 0 aliphatic carbocycles. The summed E-state index contributed by atoms with van der Waals surface area (Å²) in [5, 5.41) is 2.98. The maximum atomic E-state index is 11.9. The molecule has 0 saturated heterocycles. The van der Waals surface area contributed by atoms with Crippen LogP contribution in [0, 0.1) is 0 Å². The number of pyridine rings is 1. The smallest absolute Gasteiger partial charge is 0.328 e. The van der Waals surface area contributed by atoms with Crippen LogP contribution in [0.2, 0.25) is 0 Å². The van der Waals surface area contributed by atoms with Crippen LogP contribution in [0.1, 0.15) is 12.5 Å². The van der Waals surface area contributed by atoms with E-state index in [-0.39, 0.29) is 5.69 Å². The first-order chi connectivity index (χ1) is 8.24. The van der Waals surface area contributed by atoms with Crippen LogP contribution in [0.5, 0.6) is 0 Å². The highest BCUT2D eigenvalue weighted by Crippen LogP contribution is 2.06. The van der Waals surface area contributed by atoms with Gasteiger partial charge in [-0.25, -0.2) is 9.78 Å². The molecule has 0 aliphatic rings. The topological polar surface area (TPSA) is 51.9 Å². The lowest BCUT2D eigenvalue weighted by molar-refractivity contribution is 0.668. The molecule has 0 aliphatic heterocycles. The minimum atomic E-state index is 0.0234. The van der Waals surface area contributed by atoms with Crippen molar-refractivity contribution < 1.29 is 0 Å². The van der Waals surface area contributed by atoms with Crippen molar-refractivity contribution in [3.8, 4) is 0 Å². The highest BCUT2D eigenvalue weighted by atomic mass is 16.1. The molecule has 0 atom stereocenters. The van der Waals surface area contributed by atoms with Crippen LogP contribution in [-0.4, -0.2) is 21.2 Å². The van der Waals surface area contributed by atoms with Crippen molar-refractivity contribution in [2.24, 2.45) is 0 Å². The molecule has 90 valence electrons. The van der Waals surface area contributed by atoms with Crippen LogP contribution < -0.4 is 11.0 Å². The number of aryl methyl sites for hydroxylation is 1. The average molecular weight is 232 g/mol. The molecule has 0 aromatic carbocycles. The minimum Gasteiger partial charge on any atom is -0.373 e. The van der Waals surface area contributed by atoms with Gasteiger partial charge in [-0.05, 0) is 24.6 Å². The van der Waals surface area contributed by atoms with Crippen molar-refractivity contribution in [1.29, 1.82) is 0 Å². The van der Waals surface area contributed by atoms with Gasteiger partial charge in [-0.3, -0.25) is 9.13 Å². The third-order valence-electron chi connectivity index (χ3n) is 2.69. The Morgan fingerprint density at radius 1 is 1.35 bits per heavy atom. The number of rotatable bonds is 4. The largest absolute Gasteiger partial charge is 0.373 e. The van der Waals surface area contributed by atoms with E-state index >= 15 is 0 Å². The molecule has 0 amide bonds. The maximum absolute atomic E-state index is 11.9. The summed E-state index contributed by atoms with van der Waals surface area (Å²) in [5.74, 6) is 0.811. The van der Waals surface area contributed by atoms with Gasteiger partial charge in [0, 0.05) is 32.2 Å². The van der Waals surface area contributed by atoms with Gasteiger partial charge in [0.2, 0.25) is 0 Å². The van der Waals surface area contributed by atoms with Crippen molar-refractivity contribution in [2.75, 3.05) is 12.4 Å². The lowest BCUT2D eigenvalue weighted by Gasteiger charge is -2.04. The number of aromatic nitrogens is 3. The fourth-order valence-electron chi connectivity index (χ4n) is 1.72. The second-order valence-electron chi connectivity index (χ2n) is 3.79. The molecule has 1 N–H and O–H groups in total. The van der Waals surface area contributed by atoms with Crippen LogP contribution in [-0.2, 0) is 13.1 Å². The fraction of sp³-hybridized carbons (Fsp3) is 0.333. The zero-order chi connectivity index (χ0) is 12.3. The number of imidazole rings is 1. The second-order valence-corrected chi connectivity index (χ2v) is 3.79. The molecule has 5 heteroatoms. The predicted molar refractivity (Wildman–Crippen MR) is 67.3 cm³/mol. The van der Waals surface area contributed by atoms with Crippen LogP contribution in [0.25, 0.3) is 0 Å². The molecule has 5 nitrogen and oxygen atoms in total. The summed E-state index contributed by atoms with van der Waals surface area (Å²) >= 11 is 0. The molecule has 0 fully saturated rings. The van der Waals surface area contributed by atoms with Gasteiger partial charge in [0.25, 0.3) is 0 Å². The van der Waals surface area contributed by atoms with Crippen molar-refractivity contribution in [1.82, 2.24) is 14.1 Å². The molecule has 2 aromatic rings. The lowest BCUT2D eigenvalue weighted by Crippen LogP contribution is -2.23. The summed E-state index contributed by atoms with van der Waals surface area (Å²) in [5.41, 5.74) is 1.08. The van der Waals surface area contributed by atoms with E-state index in [1.807, 2.05) is 38.5 Å². The van der Waals surface area contributed by atoms with E-state index in [0.29, 0.717) is 13.1 Å².